The van der Waals surface area contributed by atoms with Gasteiger partial charge in [-0.3, -0.25) is 4.79 Å². The first kappa shape index (κ1) is 19.2. The van der Waals surface area contributed by atoms with Gasteiger partial charge in [-0.2, -0.15) is 4.39 Å². The number of hydrogen-bond acceptors (Lipinski definition) is 5. The van der Waals surface area contributed by atoms with E-state index in [4.69, 9.17) is 15.2 Å². The monoisotopic (exact) mass is 381 g/mol. The van der Waals surface area contributed by atoms with E-state index >= 15 is 0 Å². The third-order valence-electron chi connectivity index (χ3n) is 3.88. The molecule has 28 heavy (non-hydrogen) atoms. The number of nitrogens with one attached hydrogen (secondary N) is 1. The Labute approximate surface area is 162 Å². The second-order valence-electron chi connectivity index (χ2n) is 5.90. The van der Waals surface area contributed by atoms with Gasteiger partial charge in [0.15, 0.2) is 0 Å². The molecular formula is C21H20FN3O3. The van der Waals surface area contributed by atoms with Crippen LogP contribution < -0.4 is 20.5 Å². The lowest BCUT2D eigenvalue weighted by Gasteiger charge is -2.09. The van der Waals surface area contributed by atoms with Crippen LogP contribution in [0.2, 0.25) is 0 Å². The van der Waals surface area contributed by atoms with E-state index in [1.54, 1.807) is 0 Å². The maximum atomic E-state index is 13.0. The first-order valence-electron chi connectivity index (χ1n) is 8.75. The summed E-state index contributed by atoms with van der Waals surface area (Å²) in [7, 11) is 0. The molecule has 0 spiro atoms. The number of rotatable bonds is 7. The Kier molecular flexibility index (Phi) is 6.06. The van der Waals surface area contributed by atoms with Crippen LogP contribution in [0.4, 0.5) is 10.2 Å². The molecule has 7 heteroatoms. The lowest BCUT2D eigenvalue weighted by Crippen LogP contribution is -2.24. The number of nitrogens with two attached hydrogens (primary N) is 1. The number of nitrogen functional groups attached to an aromatic ring is 1. The number of anilines is 1. The molecule has 1 amide bonds. The van der Waals surface area contributed by atoms with E-state index in [1.807, 2.05) is 55.5 Å². The van der Waals surface area contributed by atoms with Gasteiger partial charge >= 0.3 is 0 Å². The lowest BCUT2D eigenvalue weighted by atomic mass is 10.2. The second kappa shape index (κ2) is 8.85. The molecule has 0 saturated carbocycles. The molecule has 0 aliphatic carbocycles. The molecule has 144 valence electrons. The van der Waals surface area contributed by atoms with Crippen molar-refractivity contribution < 1.29 is 18.7 Å². The van der Waals surface area contributed by atoms with Crippen molar-refractivity contribution in [2.24, 2.45) is 0 Å². The van der Waals surface area contributed by atoms with Crippen LogP contribution in [0.5, 0.6) is 17.2 Å². The summed E-state index contributed by atoms with van der Waals surface area (Å²) in [4.78, 5) is 15.6. The second-order valence-corrected chi connectivity index (χ2v) is 5.90. The Hall–Kier alpha value is -3.61. The van der Waals surface area contributed by atoms with E-state index < -0.39 is 11.9 Å². The molecule has 0 bridgehead atoms. The molecular weight excluding hydrogens is 361 g/mol. The van der Waals surface area contributed by atoms with Gasteiger partial charge in [0.05, 0.1) is 12.2 Å². The lowest BCUT2D eigenvalue weighted by molar-refractivity contribution is 0.0951. The first-order chi connectivity index (χ1) is 13.5. The number of amides is 1. The van der Waals surface area contributed by atoms with Crippen molar-refractivity contribution >= 4 is 11.7 Å². The summed E-state index contributed by atoms with van der Waals surface area (Å²) in [6.45, 7) is 2.83. The molecule has 6 nitrogen and oxygen atoms in total. The fourth-order valence-corrected chi connectivity index (χ4v) is 2.50. The molecule has 3 aromatic rings. The molecule has 3 rings (SSSR count). The van der Waals surface area contributed by atoms with Gasteiger partial charge in [-0.1, -0.05) is 12.1 Å². The van der Waals surface area contributed by atoms with Crippen molar-refractivity contribution in [3.8, 4) is 17.2 Å². The van der Waals surface area contributed by atoms with Crippen molar-refractivity contribution in [2.75, 3.05) is 12.3 Å². The summed E-state index contributed by atoms with van der Waals surface area (Å²) in [6.07, 6.45) is 0. The normalized spacial score (nSPS) is 10.4. The van der Waals surface area contributed by atoms with Crippen LogP contribution in [0.15, 0.2) is 60.7 Å². The summed E-state index contributed by atoms with van der Waals surface area (Å²) in [5.74, 6) is 0.876. The van der Waals surface area contributed by atoms with E-state index in [9.17, 15) is 9.18 Å². The van der Waals surface area contributed by atoms with Crippen LogP contribution in [0, 0.1) is 5.95 Å². The highest BCUT2D eigenvalue weighted by atomic mass is 19.1. The number of aromatic nitrogens is 1. The molecule has 0 unspecified atom stereocenters. The van der Waals surface area contributed by atoms with E-state index in [2.05, 4.69) is 10.3 Å². The van der Waals surface area contributed by atoms with Gasteiger partial charge in [0.2, 0.25) is 5.95 Å². The Morgan fingerprint density at radius 2 is 1.61 bits per heavy atom. The molecule has 0 aliphatic rings. The standard InChI is InChI=1S/C21H20FN3O3/c1-2-27-15-7-9-17(10-8-15)28-16-5-3-14(4-6-16)13-24-21(26)18-11-12-19(22)25-20(18)23/h3-12H,2,13H2,1H3,(H2,23,25)(H,24,26). The molecule has 0 aliphatic heterocycles. The van der Waals surface area contributed by atoms with Crippen molar-refractivity contribution in [2.45, 2.75) is 13.5 Å². The highest BCUT2D eigenvalue weighted by molar-refractivity contribution is 5.98. The van der Waals surface area contributed by atoms with E-state index in [0.717, 1.165) is 17.4 Å². The van der Waals surface area contributed by atoms with Crippen LogP contribution in [0.1, 0.15) is 22.8 Å². The van der Waals surface area contributed by atoms with Gasteiger partial charge in [-0.15, -0.1) is 0 Å². The summed E-state index contributed by atoms with van der Waals surface area (Å²) in [6, 6.07) is 17.1. The molecule has 0 radical (unpaired) electrons. The number of carbonyl (C=O) groups is 1. The highest BCUT2D eigenvalue weighted by Gasteiger charge is 2.11. The van der Waals surface area contributed by atoms with Gasteiger partial charge < -0.3 is 20.5 Å². The zero-order valence-corrected chi connectivity index (χ0v) is 15.3. The summed E-state index contributed by atoms with van der Waals surface area (Å²) in [5, 5.41) is 2.73. The average molecular weight is 381 g/mol. The number of pyridine rings is 1. The third kappa shape index (κ3) is 4.97. The van der Waals surface area contributed by atoms with Gasteiger partial charge in [0.25, 0.3) is 5.91 Å². The summed E-state index contributed by atoms with van der Waals surface area (Å²) >= 11 is 0. The average Bonchev–Trinajstić information content (AvgIpc) is 2.69. The molecule has 1 heterocycles. The Morgan fingerprint density at radius 1 is 1.00 bits per heavy atom. The molecule has 0 saturated heterocycles. The van der Waals surface area contributed by atoms with Crippen LogP contribution in [0.3, 0.4) is 0 Å². The van der Waals surface area contributed by atoms with Crippen LogP contribution in [-0.2, 0) is 6.54 Å². The highest BCUT2D eigenvalue weighted by Crippen LogP contribution is 2.24. The van der Waals surface area contributed by atoms with Crippen molar-refractivity contribution in [1.29, 1.82) is 0 Å². The first-order valence-corrected chi connectivity index (χ1v) is 8.75. The van der Waals surface area contributed by atoms with Crippen LogP contribution in [0.25, 0.3) is 0 Å². The fourth-order valence-electron chi connectivity index (χ4n) is 2.50. The number of ether oxygens (including phenoxy) is 2. The SMILES string of the molecule is CCOc1ccc(Oc2ccc(CNC(=O)c3ccc(F)nc3N)cc2)cc1. The Morgan fingerprint density at radius 3 is 2.21 bits per heavy atom. The maximum Gasteiger partial charge on any atom is 0.255 e. The van der Waals surface area contributed by atoms with Crippen LogP contribution >= 0.6 is 0 Å². The third-order valence-corrected chi connectivity index (χ3v) is 3.88. The molecule has 1 aromatic heterocycles. The molecule has 0 atom stereocenters. The minimum Gasteiger partial charge on any atom is -0.494 e. The van der Waals surface area contributed by atoms with E-state index in [-0.39, 0.29) is 11.4 Å². The minimum atomic E-state index is -0.725. The van der Waals surface area contributed by atoms with Crippen molar-refractivity contribution in [3.63, 3.8) is 0 Å². The quantitative estimate of drug-likeness (QED) is 0.606. The predicted molar refractivity (Wildman–Crippen MR) is 104 cm³/mol. The number of nitrogens with zero attached hydrogens (tertiary/aromatic N) is 1. The summed E-state index contributed by atoms with van der Waals surface area (Å²) in [5.41, 5.74) is 6.59. The van der Waals surface area contributed by atoms with Crippen LogP contribution in [-0.4, -0.2) is 17.5 Å². The predicted octanol–water partition coefficient (Wildman–Crippen LogP) is 3.92. The van der Waals surface area contributed by atoms with Gasteiger partial charge in [-0.05, 0) is 61.0 Å². The Bertz CT molecular complexity index is 944. The van der Waals surface area contributed by atoms with Gasteiger partial charge in [0.1, 0.15) is 23.1 Å². The zero-order chi connectivity index (χ0) is 19.9. The van der Waals surface area contributed by atoms with E-state index in [1.165, 1.54) is 6.07 Å². The molecule has 0 fully saturated rings. The smallest absolute Gasteiger partial charge is 0.255 e. The molecule has 3 N–H and O–H groups in total. The number of halogens is 1. The number of hydrogen-bond donors (Lipinski definition) is 2. The molecule has 2 aromatic carbocycles. The fraction of sp³-hybridized carbons (Fsp3) is 0.143. The van der Waals surface area contributed by atoms with Gasteiger partial charge in [-0.25, -0.2) is 4.98 Å². The zero-order valence-electron chi connectivity index (χ0n) is 15.3. The van der Waals surface area contributed by atoms with E-state index in [0.29, 0.717) is 24.7 Å². The maximum absolute atomic E-state index is 13.0. The largest absolute Gasteiger partial charge is 0.494 e. The van der Waals surface area contributed by atoms with Crippen molar-refractivity contribution in [1.82, 2.24) is 10.3 Å². The van der Waals surface area contributed by atoms with Crippen molar-refractivity contribution in [3.05, 3.63) is 77.7 Å². The topological polar surface area (TPSA) is 86.5 Å². The minimum absolute atomic E-state index is 0.136. The number of benzene rings is 2. The Balaban J connectivity index is 1.56. The number of carbonyl (C=O) groups excluding carboxylic acids is 1. The summed E-state index contributed by atoms with van der Waals surface area (Å²) < 4.78 is 24.2. The van der Waals surface area contributed by atoms with Gasteiger partial charge in [0, 0.05) is 6.54 Å².